The van der Waals surface area contributed by atoms with Gasteiger partial charge in [0.1, 0.15) is 11.6 Å². The summed E-state index contributed by atoms with van der Waals surface area (Å²) in [6.45, 7) is 2.49. The van der Waals surface area contributed by atoms with Gasteiger partial charge in [0, 0.05) is 5.56 Å². The van der Waals surface area contributed by atoms with E-state index in [1.54, 1.807) is 19.4 Å². The molecule has 0 unspecified atom stereocenters. The van der Waals surface area contributed by atoms with E-state index in [0.29, 0.717) is 18.1 Å². The van der Waals surface area contributed by atoms with Crippen LogP contribution in [-0.4, -0.2) is 35.2 Å². The molecule has 4 rings (SSSR count). The Kier molecular flexibility index (Phi) is 8.48. The number of methoxy groups -OCH3 is 1. The van der Waals surface area contributed by atoms with Gasteiger partial charge in [-0.25, -0.2) is 5.43 Å². The Labute approximate surface area is 212 Å². The first-order valence-corrected chi connectivity index (χ1v) is 12.6. The van der Waals surface area contributed by atoms with E-state index in [2.05, 4.69) is 39.8 Å². The van der Waals surface area contributed by atoms with Crippen molar-refractivity contribution >= 4 is 35.2 Å². The molecule has 0 aliphatic carbocycles. The molecular formula is C26H24N4O3S2. The van der Waals surface area contributed by atoms with Gasteiger partial charge in [0.2, 0.25) is 0 Å². The third-order valence-corrected chi connectivity index (χ3v) is 6.97. The minimum Gasteiger partial charge on any atom is -0.493 e. The molecule has 178 valence electrons. The molecule has 0 radical (unpaired) electrons. The zero-order valence-corrected chi connectivity index (χ0v) is 20.9. The molecule has 0 saturated carbocycles. The van der Waals surface area contributed by atoms with Crippen LogP contribution in [0.5, 0.6) is 11.5 Å². The van der Waals surface area contributed by atoms with Crippen molar-refractivity contribution < 1.29 is 14.3 Å². The lowest BCUT2D eigenvalue weighted by Crippen LogP contribution is -2.19. The first kappa shape index (κ1) is 24.4. The highest BCUT2D eigenvalue weighted by Gasteiger charge is 2.09. The second-order valence-corrected chi connectivity index (χ2v) is 9.71. The van der Waals surface area contributed by atoms with Crippen molar-refractivity contribution in [2.75, 3.05) is 12.9 Å². The van der Waals surface area contributed by atoms with Gasteiger partial charge in [-0.2, -0.15) is 5.10 Å². The quantitative estimate of drug-likeness (QED) is 0.178. The Balaban J connectivity index is 1.26. The van der Waals surface area contributed by atoms with Gasteiger partial charge in [-0.15, -0.1) is 10.2 Å². The topological polar surface area (TPSA) is 85.7 Å². The number of carbonyl (C=O) groups excluding carboxylic acids is 1. The Hall–Kier alpha value is -3.69. The van der Waals surface area contributed by atoms with Crippen LogP contribution >= 0.6 is 23.1 Å². The summed E-state index contributed by atoms with van der Waals surface area (Å²) in [6, 6.07) is 23.5. The number of hydrogen-bond acceptors (Lipinski definition) is 8. The summed E-state index contributed by atoms with van der Waals surface area (Å²) in [4.78, 5) is 12.2. The summed E-state index contributed by atoms with van der Waals surface area (Å²) in [7, 11) is 1.59. The second kappa shape index (κ2) is 12.1. The number of aromatic nitrogens is 2. The summed E-state index contributed by atoms with van der Waals surface area (Å²) < 4.78 is 12.1. The molecule has 1 aromatic heterocycles. The van der Waals surface area contributed by atoms with Crippen LogP contribution in [0.4, 0.5) is 0 Å². The zero-order chi connectivity index (χ0) is 24.5. The van der Waals surface area contributed by atoms with E-state index < -0.39 is 0 Å². The van der Waals surface area contributed by atoms with Crippen molar-refractivity contribution in [1.29, 1.82) is 0 Å². The fourth-order valence-corrected chi connectivity index (χ4v) is 4.68. The molecule has 1 amide bonds. The van der Waals surface area contributed by atoms with Gasteiger partial charge in [0.05, 0.1) is 19.1 Å². The fraction of sp³-hybridized carbons (Fsp3) is 0.154. The largest absolute Gasteiger partial charge is 0.493 e. The smallest absolute Gasteiger partial charge is 0.250 e. The fourth-order valence-electron chi connectivity index (χ4n) is 3.03. The van der Waals surface area contributed by atoms with Gasteiger partial charge in [0.25, 0.3) is 5.91 Å². The predicted molar refractivity (Wildman–Crippen MR) is 140 cm³/mol. The number of carbonyl (C=O) groups is 1. The van der Waals surface area contributed by atoms with Crippen LogP contribution in [0.25, 0.3) is 10.6 Å². The standard InChI is InChI=1S/C26H24N4O3S2/c1-18-8-10-19(11-9-18)16-33-22-13-12-20(14-23(22)32-2)15-27-28-24(31)17-34-26-30-29-25(35-26)21-6-4-3-5-7-21/h3-15H,16-17H2,1-2H3,(H,28,31). The van der Waals surface area contributed by atoms with Crippen LogP contribution < -0.4 is 14.9 Å². The molecule has 0 fully saturated rings. The maximum atomic E-state index is 12.2. The minimum absolute atomic E-state index is 0.190. The first-order chi connectivity index (χ1) is 17.1. The molecule has 0 saturated heterocycles. The summed E-state index contributed by atoms with van der Waals surface area (Å²) in [5.74, 6) is 1.19. The summed E-state index contributed by atoms with van der Waals surface area (Å²) in [5, 5.41) is 13.2. The van der Waals surface area contributed by atoms with Gasteiger partial charge in [-0.1, -0.05) is 83.3 Å². The van der Waals surface area contributed by atoms with Crippen LogP contribution in [-0.2, 0) is 11.4 Å². The normalized spacial score (nSPS) is 10.9. The van der Waals surface area contributed by atoms with E-state index >= 15 is 0 Å². The Morgan fingerprint density at radius 1 is 1.06 bits per heavy atom. The van der Waals surface area contributed by atoms with Crippen LogP contribution in [0, 0.1) is 6.92 Å². The molecule has 35 heavy (non-hydrogen) atoms. The first-order valence-electron chi connectivity index (χ1n) is 10.8. The molecule has 0 bridgehead atoms. The molecular weight excluding hydrogens is 480 g/mol. The Bertz CT molecular complexity index is 1290. The van der Waals surface area contributed by atoms with E-state index in [9.17, 15) is 4.79 Å². The third kappa shape index (κ3) is 7.14. The number of hydrogen-bond donors (Lipinski definition) is 1. The molecule has 1 heterocycles. The van der Waals surface area contributed by atoms with E-state index in [4.69, 9.17) is 9.47 Å². The van der Waals surface area contributed by atoms with Crippen molar-refractivity contribution in [2.45, 2.75) is 17.9 Å². The molecule has 0 spiro atoms. The van der Waals surface area contributed by atoms with Crippen molar-refractivity contribution in [3.05, 3.63) is 89.5 Å². The van der Waals surface area contributed by atoms with Gasteiger partial charge in [-0.3, -0.25) is 4.79 Å². The summed E-state index contributed by atoms with van der Waals surface area (Å²) in [5.41, 5.74) is 6.60. The predicted octanol–water partition coefficient (Wildman–Crippen LogP) is 5.34. The van der Waals surface area contributed by atoms with Crippen LogP contribution in [0.2, 0.25) is 0 Å². The van der Waals surface area contributed by atoms with Crippen LogP contribution in [0.3, 0.4) is 0 Å². The summed E-state index contributed by atoms with van der Waals surface area (Å²) in [6.07, 6.45) is 1.56. The second-order valence-electron chi connectivity index (χ2n) is 7.51. The number of aryl methyl sites for hydroxylation is 1. The number of ether oxygens (including phenoxy) is 2. The Morgan fingerprint density at radius 2 is 1.86 bits per heavy atom. The lowest BCUT2D eigenvalue weighted by Gasteiger charge is -2.11. The highest BCUT2D eigenvalue weighted by molar-refractivity contribution is 8.01. The number of benzene rings is 3. The molecule has 0 aliphatic rings. The van der Waals surface area contributed by atoms with Crippen LogP contribution in [0.15, 0.2) is 82.2 Å². The number of amides is 1. The van der Waals surface area contributed by atoms with E-state index in [1.165, 1.54) is 28.7 Å². The van der Waals surface area contributed by atoms with Crippen molar-refractivity contribution in [1.82, 2.24) is 15.6 Å². The van der Waals surface area contributed by atoms with E-state index in [1.807, 2.05) is 54.6 Å². The third-order valence-electron chi connectivity index (χ3n) is 4.86. The number of rotatable bonds is 10. The molecule has 0 aliphatic heterocycles. The van der Waals surface area contributed by atoms with Crippen LogP contribution in [0.1, 0.15) is 16.7 Å². The maximum Gasteiger partial charge on any atom is 0.250 e. The highest BCUT2D eigenvalue weighted by Crippen LogP contribution is 2.29. The average Bonchev–Trinajstić information content (AvgIpc) is 3.37. The van der Waals surface area contributed by atoms with Gasteiger partial charge < -0.3 is 9.47 Å². The molecule has 0 atom stereocenters. The van der Waals surface area contributed by atoms with Gasteiger partial charge in [-0.05, 0) is 36.2 Å². The van der Waals surface area contributed by atoms with E-state index in [0.717, 1.165) is 26.0 Å². The van der Waals surface area contributed by atoms with E-state index in [-0.39, 0.29) is 11.7 Å². The maximum absolute atomic E-state index is 12.2. The lowest BCUT2D eigenvalue weighted by molar-refractivity contribution is -0.118. The number of hydrazone groups is 1. The summed E-state index contributed by atoms with van der Waals surface area (Å²) >= 11 is 2.78. The zero-order valence-electron chi connectivity index (χ0n) is 19.3. The molecule has 3 aromatic carbocycles. The SMILES string of the molecule is COc1cc(C=NNC(=O)CSc2nnc(-c3ccccc3)s2)ccc1OCc1ccc(C)cc1. The molecule has 7 nitrogen and oxygen atoms in total. The van der Waals surface area contributed by atoms with Crippen molar-refractivity contribution in [3.63, 3.8) is 0 Å². The lowest BCUT2D eigenvalue weighted by atomic mass is 10.2. The van der Waals surface area contributed by atoms with Gasteiger partial charge in [0.15, 0.2) is 15.8 Å². The monoisotopic (exact) mass is 504 g/mol. The molecule has 9 heteroatoms. The average molecular weight is 505 g/mol. The van der Waals surface area contributed by atoms with Crippen molar-refractivity contribution in [3.8, 4) is 22.1 Å². The number of nitrogens with zero attached hydrogens (tertiary/aromatic N) is 3. The Morgan fingerprint density at radius 3 is 2.63 bits per heavy atom. The number of nitrogens with one attached hydrogen (secondary N) is 1. The molecule has 1 N–H and O–H groups in total. The minimum atomic E-state index is -0.229. The highest BCUT2D eigenvalue weighted by atomic mass is 32.2. The number of thioether (sulfide) groups is 1. The van der Waals surface area contributed by atoms with Gasteiger partial charge >= 0.3 is 0 Å². The molecule has 4 aromatic rings. The van der Waals surface area contributed by atoms with Crippen molar-refractivity contribution in [2.24, 2.45) is 5.10 Å².